The molecule has 0 aromatic carbocycles. The first-order valence-electron chi connectivity index (χ1n) is 6.61. The molecule has 94 valence electrons. The predicted octanol–water partition coefficient (Wildman–Crippen LogP) is 3.79. The summed E-state index contributed by atoms with van der Waals surface area (Å²) in [5, 5.41) is 4.40. The lowest BCUT2D eigenvalue weighted by Crippen LogP contribution is -2.33. The Balaban J connectivity index is 1.84. The number of aromatic nitrogens is 1. The Labute approximate surface area is 109 Å². The molecule has 1 aliphatic carbocycles. The molecule has 1 aliphatic rings. The molecule has 0 saturated heterocycles. The van der Waals surface area contributed by atoms with Gasteiger partial charge in [-0.1, -0.05) is 37.8 Å². The summed E-state index contributed by atoms with van der Waals surface area (Å²) < 4.78 is 0. The number of pyridine rings is 1. The van der Waals surface area contributed by atoms with Crippen LogP contribution < -0.4 is 5.32 Å². The fraction of sp³-hybridized carbons (Fsp3) is 0.643. The first kappa shape index (κ1) is 12.8. The molecule has 1 aromatic rings. The Morgan fingerprint density at radius 2 is 2.35 bits per heavy atom. The lowest BCUT2D eigenvalue weighted by Gasteiger charge is -2.29. The molecule has 0 spiro atoms. The van der Waals surface area contributed by atoms with Crippen LogP contribution >= 0.6 is 11.6 Å². The average Bonchev–Trinajstić information content (AvgIpc) is 2.38. The van der Waals surface area contributed by atoms with E-state index in [1.807, 2.05) is 6.07 Å². The van der Waals surface area contributed by atoms with Gasteiger partial charge in [-0.2, -0.15) is 0 Å². The van der Waals surface area contributed by atoms with Crippen molar-refractivity contribution in [2.45, 2.75) is 51.6 Å². The van der Waals surface area contributed by atoms with Gasteiger partial charge in [0, 0.05) is 25.0 Å². The highest BCUT2D eigenvalue weighted by atomic mass is 35.5. The van der Waals surface area contributed by atoms with Gasteiger partial charge in [-0.25, -0.2) is 0 Å². The molecule has 1 N–H and O–H groups in total. The summed E-state index contributed by atoms with van der Waals surface area (Å²) >= 11 is 6.10. The van der Waals surface area contributed by atoms with Gasteiger partial charge in [0.15, 0.2) is 0 Å². The topological polar surface area (TPSA) is 24.9 Å². The van der Waals surface area contributed by atoms with Crippen molar-refractivity contribution < 1.29 is 0 Å². The number of halogens is 1. The van der Waals surface area contributed by atoms with Gasteiger partial charge < -0.3 is 5.32 Å². The first-order chi connectivity index (χ1) is 8.29. The van der Waals surface area contributed by atoms with Crippen molar-refractivity contribution >= 4 is 11.6 Å². The Kier molecular flexibility index (Phi) is 4.81. The van der Waals surface area contributed by atoms with Gasteiger partial charge in [-0.05, 0) is 30.4 Å². The van der Waals surface area contributed by atoms with Crippen LogP contribution in [0.4, 0.5) is 0 Å². The normalized spacial score (nSPS) is 24.8. The highest BCUT2D eigenvalue weighted by Gasteiger charge is 2.20. The fourth-order valence-electron chi connectivity index (χ4n) is 2.65. The number of hydrogen-bond donors (Lipinski definition) is 1. The molecule has 0 amide bonds. The summed E-state index contributed by atoms with van der Waals surface area (Å²) in [5.41, 5.74) is 1.15. The number of nitrogens with zero attached hydrogens (tertiary/aromatic N) is 1. The maximum Gasteiger partial charge on any atom is 0.0634 e. The summed E-state index contributed by atoms with van der Waals surface area (Å²) in [6.07, 6.45) is 10.2. The second-order valence-electron chi connectivity index (χ2n) is 4.99. The van der Waals surface area contributed by atoms with E-state index in [0.717, 1.165) is 23.0 Å². The third-order valence-electron chi connectivity index (χ3n) is 3.80. The van der Waals surface area contributed by atoms with E-state index >= 15 is 0 Å². The minimum atomic E-state index is 0.665. The maximum atomic E-state index is 6.10. The molecular weight excluding hydrogens is 232 g/mol. The molecule has 1 aromatic heterocycles. The van der Waals surface area contributed by atoms with E-state index in [1.54, 1.807) is 12.4 Å². The second kappa shape index (κ2) is 6.36. The molecule has 2 unspecified atom stereocenters. The standard InChI is InChI=1S/C14H21ClN2/c1-2-11-4-3-5-13(8-11)17-9-12-6-7-16-10-14(12)15/h6-7,10-11,13,17H,2-5,8-9H2,1H3. The van der Waals surface area contributed by atoms with E-state index < -0.39 is 0 Å². The molecule has 0 bridgehead atoms. The van der Waals surface area contributed by atoms with E-state index in [1.165, 1.54) is 32.1 Å². The van der Waals surface area contributed by atoms with Crippen molar-refractivity contribution in [3.63, 3.8) is 0 Å². The largest absolute Gasteiger partial charge is 0.310 e. The lowest BCUT2D eigenvalue weighted by molar-refractivity contribution is 0.278. The molecule has 2 rings (SSSR count). The van der Waals surface area contributed by atoms with Crippen LogP contribution in [0.1, 0.15) is 44.6 Å². The molecule has 1 fully saturated rings. The van der Waals surface area contributed by atoms with E-state index in [0.29, 0.717) is 6.04 Å². The quantitative estimate of drug-likeness (QED) is 0.882. The smallest absolute Gasteiger partial charge is 0.0634 e. The van der Waals surface area contributed by atoms with Gasteiger partial charge in [0.05, 0.1) is 5.02 Å². The molecule has 1 saturated carbocycles. The van der Waals surface area contributed by atoms with E-state index in [9.17, 15) is 0 Å². The minimum Gasteiger partial charge on any atom is -0.310 e. The summed E-state index contributed by atoms with van der Waals surface area (Å²) in [6, 6.07) is 2.66. The Morgan fingerprint density at radius 1 is 1.47 bits per heavy atom. The van der Waals surface area contributed by atoms with Crippen LogP contribution in [0.15, 0.2) is 18.5 Å². The van der Waals surface area contributed by atoms with Gasteiger partial charge in [-0.15, -0.1) is 0 Å². The summed E-state index contributed by atoms with van der Waals surface area (Å²) in [6.45, 7) is 3.16. The molecular formula is C14H21ClN2. The molecule has 2 nitrogen and oxygen atoms in total. The van der Waals surface area contributed by atoms with Crippen molar-refractivity contribution in [3.05, 3.63) is 29.0 Å². The Morgan fingerprint density at radius 3 is 3.12 bits per heavy atom. The maximum absolute atomic E-state index is 6.10. The Hall–Kier alpha value is -0.600. The zero-order chi connectivity index (χ0) is 12.1. The van der Waals surface area contributed by atoms with Crippen molar-refractivity contribution in [1.29, 1.82) is 0 Å². The SMILES string of the molecule is CCC1CCCC(NCc2ccncc2Cl)C1. The monoisotopic (exact) mass is 252 g/mol. The van der Waals surface area contributed by atoms with Crippen LogP contribution in [-0.2, 0) is 6.54 Å². The summed E-state index contributed by atoms with van der Waals surface area (Å²) in [7, 11) is 0. The molecule has 0 radical (unpaired) electrons. The van der Waals surface area contributed by atoms with Gasteiger partial charge in [0.2, 0.25) is 0 Å². The third kappa shape index (κ3) is 3.68. The fourth-order valence-corrected chi connectivity index (χ4v) is 2.83. The predicted molar refractivity (Wildman–Crippen MR) is 72.1 cm³/mol. The van der Waals surface area contributed by atoms with Crippen molar-refractivity contribution in [2.75, 3.05) is 0 Å². The van der Waals surface area contributed by atoms with Gasteiger partial charge in [0.1, 0.15) is 0 Å². The highest BCUT2D eigenvalue weighted by molar-refractivity contribution is 6.31. The summed E-state index contributed by atoms with van der Waals surface area (Å²) in [5.74, 6) is 0.911. The van der Waals surface area contributed by atoms with Crippen LogP contribution in [0.2, 0.25) is 5.02 Å². The number of hydrogen-bond acceptors (Lipinski definition) is 2. The number of rotatable bonds is 4. The van der Waals surface area contributed by atoms with Crippen molar-refractivity contribution in [1.82, 2.24) is 10.3 Å². The molecule has 2 atom stereocenters. The minimum absolute atomic E-state index is 0.665. The van der Waals surface area contributed by atoms with E-state index in [4.69, 9.17) is 11.6 Å². The van der Waals surface area contributed by atoms with Crippen molar-refractivity contribution in [3.8, 4) is 0 Å². The summed E-state index contributed by atoms with van der Waals surface area (Å²) in [4.78, 5) is 4.01. The van der Waals surface area contributed by atoms with Crippen LogP contribution in [0.3, 0.4) is 0 Å². The van der Waals surface area contributed by atoms with Crippen LogP contribution in [0.5, 0.6) is 0 Å². The zero-order valence-corrected chi connectivity index (χ0v) is 11.2. The Bertz CT molecular complexity index is 354. The molecule has 3 heteroatoms. The lowest BCUT2D eigenvalue weighted by atomic mass is 9.84. The van der Waals surface area contributed by atoms with E-state index in [-0.39, 0.29) is 0 Å². The molecule has 1 heterocycles. The third-order valence-corrected chi connectivity index (χ3v) is 4.14. The van der Waals surface area contributed by atoms with Crippen LogP contribution in [0.25, 0.3) is 0 Å². The van der Waals surface area contributed by atoms with Crippen LogP contribution in [0, 0.1) is 5.92 Å². The average molecular weight is 253 g/mol. The number of nitrogens with one attached hydrogen (secondary N) is 1. The van der Waals surface area contributed by atoms with Gasteiger partial charge in [0.25, 0.3) is 0 Å². The van der Waals surface area contributed by atoms with Crippen molar-refractivity contribution in [2.24, 2.45) is 5.92 Å². The van der Waals surface area contributed by atoms with E-state index in [2.05, 4.69) is 17.2 Å². The zero-order valence-electron chi connectivity index (χ0n) is 10.5. The first-order valence-corrected chi connectivity index (χ1v) is 6.99. The molecule has 0 aliphatic heterocycles. The van der Waals surface area contributed by atoms with Gasteiger partial charge >= 0.3 is 0 Å². The van der Waals surface area contributed by atoms with Crippen LogP contribution in [-0.4, -0.2) is 11.0 Å². The molecule has 17 heavy (non-hydrogen) atoms. The van der Waals surface area contributed by atoms with Gasteiger partial charge in [-0.3, -0.25) is 4.98 Å². The second-order valence-corrected chi connectivity index (χ2v) is 5.39. The highest BCUT2D eigenvalue weighted by Crippen LogP contribution is 2.26.